The van der Waals surface area contributed by atoms with Crippen molar-refractivity contribution in [3.63, 3.8) is 0 Å². The third-order valence-electron chi connectivity index (χ3n) is 4.36. The Bertz CT molecular complexity index is 933. The van der Waals surface area contributed by atoms with Crippen molar-refractivity contribution in [2.45, 2.75) is 5.51 Å². The van der Waals surface area contributed by atoms with E-state index in [1.165, 1.54) is 12.1 Å². The molecule has 3 heterocycles. The van der Waals surface area contributed by atoms with Crippen LogP contribution in [0.5, 0.6) is 5.75 Å². The normalized spacial score (nSPS) is 19.6. The fourth-order valence-electron chi connectivity index (χ4n) is 3.02. The van der Waals surface area contributed by atoms with Crippen LogP contribution < -0.4 is 9.08 Å². The van der Waals surface area contributed by atoms with Crippen LogP contribution in [0.3, 0.4) is 0 Å². The molecule has 0 bridgehead atoms. The van der Waals surface area contributed by atoms with Gasteiger partial charge in [0.05, 0.1) is 36.0 Å². The minimum absolute atomic E-state index is 0.209. The highest BCUT2D eigenvalue weighted by Crippen LogP contribution is 2.40. The van der Waals surface area contributed by atoms with Gasteiger partial charge in [0.1, 0.15) is 5.75 Å². The Kier molecular flexibility index (Phi) is 3.42. The third kappa shape index (κ3) is 2.78. The molecule has 1 aromatic heterocycles. The Morgan fingerprint density at radius 2 is 1.92 bits per heavy atom. The van der Waals surface area contributed by atoms with Gasteiger partial charge in [-0.05, 0) is 24.3 Å². The molecule has 4 rings (SSSR count). The van der Waals surface area contributed by atoms with Gasteiger partial charge < -0.3 is 13.8 Å². The summed E-state index contributed by atoms with van der Waals surface area (Å²) in [6.07, 6.45) is 1.68. The summed E-state index contributed by atoms with van der Waals surface area (Å²) in [7, 11) is -5.70. The number of aromatic nitrogens is 1. The number of ether oxygens (including phenoxy) is 1. The van der Waals surface area contributed by atoms with Crippen LogP contribution in [0.4, 0.5) is 18.9 Å². The Morgan fingerprint density at radius 1 is 1.20 bits per heavy atom. The van der Waals surface area contributed by atoms with Gasteiger partial charge >= 0.3 is 15.6 Å². The van der Waals surface area contributed by atoms with E-state index in [2.05, 4.69) is 14.1 Å². The number of fused-ring (bicyclic) bond motifs is 1. The number of nitrogens with zero attached hydrogens (tertiary/aromatic N) is 2. The van der Waals surface area contributed by atoms with Crippen LogP contribution in [0.15, 0.2) is 30.5 Å². The standard InChI is InChI=1S/C15H13F3N2O4S/c16-15(17,18)25(21,22)24-12-1-2-13-10(4-12)3-11(5-19-13)20-6-14(7-20)8-23-9-14/h1-5H,6-9H2. The summed E-state index contributed by atoms with van der Waals surface area (Å²) in [6, 6.07) is 5.54. The SMILES string of the molecule is O=S(=O)(Oc1ccc2ncc(N3CC4(COC4)C3)cc2c1)C(F)(F)F. The Balaban J connectivity index is 1.59. The number of halogens is 3. The van der Waals surface area contributed by atoms with E-state index in [9.17, 15) is 21.6 Å². The van der Waals surface area contributed by atoms with Crippen LogP contribution in [-0.4, -0.2) is 45.2 Å². The van der Waals surface area contributed by atoms with Gasteiger partial charge in [-0.15, -0.1) is 0 Å². The molecular formula is C15H13F3N2O4S. The first kappa shape index (κ1) is 16.4. The molecule has 2 saturated heterocycles. The zero-order chi connectivity index (χ0) is 17.9. The van der Waals surface area contributed by atoms with Crippen LogP contribution >= 0.6 is 0 Å². The summed E-state index contributed by atoms with van der Waals surface area (Å²) in [6.45, 7) is 3.13. The van der Waals surface area contributed by atoms with Gasteiger partial charge in [-0.3, -0.25) is 4.98 Å². The van der Waals surface area contributed by atoms with E-state index in [1.54, 1.807) is 12.3 Å². The molecule has 0 saturated carbocycles. The minimum atomic E-state index is -5.70. The number of hydrogen-bond donors (Lipinski definition) is 0. The lowest BCUT2D eigenvalue weighted by molar-refractivity contribution is -0.127. The van der Waals surface area contributed by atoms with Crippen molar-refractivity contribution >= 4 is 26.7 Å². The molecule has 2 aliphatic heterocycles. The average molecular weight is 374 g/mol. The maximum Gasteiger partial charge on any atom is 0.534 e. The smallest absolute Gasteiger partial charge is 0.380 e. The van der Waals surface area contributed by atoms with E-state index in [0.29, 0.717) is 10.9 Å². The van der Waals surface area contributed by atoms with Crippen molar-refractivity contribution in [3.05, 3.63) is 30.5 Å². The van der Waals surface area contributed by atoms with E-state index in [1.807, 2.05) is 0 Å². The Labute approximate surface area is 141 Å². The number of benzene rings is 1. The summed E-state index contributed by atoms with van der Waals surface area (Å²) >= 11 is 0. The van der Waals surface area contributed by atoms with Crippen molar-refractivity contribution in [2.75, 3.05) is 31.2 Å². The van der Waals surface area contributed by atoms with Gasteiger partial charge in [0.25, 0.3) is 0 Å². The van der Waals surface area contributed by atoms with Crippen molar-refractivity contribution < 1.29 is 30.5 Å². The van der Waals surface area contributed by atoms with Crippen LogP contribution in [0.2, 0.25) is 0 Å². The lowest BCUT2D eigenvalue weighted by atomic mass is 9.78. The van der Waals surface area contributed by atoms with Crippen LogP contribution in [0.25, 0.3) is 10.9 Å². The summed E-state index contributed by atoms with van der Waals surface area (Å²) in [5.41, 5.74) is -3.91. The molecule has 6 nitrogen and oxygen atoms in total. The maximum atomic E-state index is 12.4. The second-order valence-electron chi connectivity index (χ2n) is 6.38. The van der Waals surface area contributed by atoms with E-state index in [4.69, 9.17) is 4.74 Å². The topological polar surface area (TPSA) is 68.7 Å². The highest BCUT2D eigenvalue weighted by molar-refractivity contribution is 7.88. The van der Waals surface area contributed by atoms with Gasteiger partial charge in [-0.1, -0.05) is 0 Å². The molecule has 10 heteroatoms. The Morgan fingerprint density at radius 3 is 2.52 bits per heavy atom. The molecule has 2 fully saturated rings. The minimum Gasteiger partial charge on any atom is -0.380 e. The fourth-order valence-corrected chi connectivity index (χ4v) is 3.47. The van der Waals surface area contributed by atoms with E-state index < -0.39 is 21.4 Å². The number of pyridine rings is 1. The number of anilines is 1. The lowest BCUT2D eigenvalue weighted by Crippen LogP contribution is -2.66. The maximum absolute atomic E-state index is 12.4. The monoisotopic (exact) mass is 374 g/mol. The molecule has 2 aromatic rings. The quantitative estimate of drug-likeness (QED) is 0.607. The predicted molar refractivity (Wildman–Crippen MR) is 82.8 cm³/mol. The summed E-state index contributed by atoms with van der Waals surface area (Å²) in [4.78, 5) is 6.35. The molecule has 0 amide bonds. The first-order chi connectivity index (χ1) is 11.7. The molecule has 1 spiro atoms. The molecule has 134 valence electrons. The summed E-state index contributed by atoms with van der Waals surface area (Å²) in [5.74, 6) is -0.406. The molecule has 0 radical (unpaired) electrons. The number of hydrogen-bond acceptors (Lipinski definition) is 6. The molecular weight excluding hydrogens is 361 g/mol. The molecule has 0 atom stereocenters. The van der Waals surface area contributed by atoms with E-state index in [0.717, 1.165) is 38.1 Å². The second kappa shape index (κ2) is 5.21. The molecule has 0 N–H and O–H groups in total. The van der Waals surface area contributed by atoms with Crippen molar-refractivity contribution in [1.29, 1.82) is 0 Å². The first-order valence-corrected chi connectivity index (χ1v) is 8.82. The third-order valence-corrected chi connectivity index (χ3v) is 5.34. The van der Waals surface area contributed by atoms with Crippen molar-refractivity contribution in [2.24, 2.45) is 5.41 Å². The summed E-state index contributed by atoms with van der Waals surface area (Å²) < 4.78 is 68.9. The van der Waals surface area contributed by atoms with Crippen LogP contribution in [0.1, 0.15) is 0 Å². The zero-order valence-corrected chi connectivity index (χ0v) is 13.6. The van der Waals surface area contributed by atoms with Crippen molar-refractivity contribution in [1.82, 2.24) is 4.98 Å². The van der Waals surface area contributed by atoms with Crippen LogP contribution in [-0.2, 0) is 14.9 Å². The first-order valence-electron chi connectivity index (χ1n) is 7.41. The average Bonchev–Trinajstić information content (AvgIpc) is 2.42. The molecule has 1 aromatic carbocycles. The van der Waals surface area contributed by atoms with E-state index in [-0.39, 0.29) is 5.41 Å². The fraction of sp³-hybridized carbons (Fsp3) is 0.400. The second-order valence-corrected chi connectivity index (χ2v) is 7.92. The number of alkyl halides is 3. The largest absolute Gasteiger partial charge is 0.534 e. The van der Waals surface area contributed by atoms with E-state index >= 15 is 0 Å². The van der Waals surface area contributed by atoms with Gasteiger partial charge in [0, 0.05) is 18.5 Å². The molecule has 25 heavy (non-hydrogen) atoms. The lowest BCUT2D eigenvalue weighted by Gasteiger charge is -2.55. The highest BCUT2D eigenvalue weighted by Gasteiger charge is 2.49. The molecule has 0 unspecified atom stereocenters. The number of rotatable bonds is 3. The highest BCUT2D eigenvalue weighted by atomic mass is 32.2. The molecule has 2 aliphatic rings. The van der Waals surface area contributed by atoms with Crippen LogP contribution in [0, 0.1) is 5.41 Å². The van der Waals surface area contributed by atoms with Gasteiger partial charge in [0.15, 0.2) is 0 Å². The van der Waals surface area contributed by atoms with Gasteiger partial charge in [-0.25, -0.2) is 0 Å². The Hall–Kier alpha value is -2.07. The zero-order valence-electron chi connectivity index (χ0n) is 12.8. The van der Waals surface area contributed by atoms with Gasteiger partial charge in [-0.2, -0.15) is 21.6 Å². The predicted octanol–water partition coefficient (Wildman–Crippen LogP) is 2.30. The molecule has 0 aliphatic carbocycles. The summed E-state index contributed by atoms with van der Waals surface area (Å²) in [5, 5.41) is 0.498. The van der Waals surface area contributed by atoms with Gasteiger partial charge in [0.2, 0.25) is 0 Å². The van der Waals surface area contributed by atoms with Crippen molar-refractivity contribution in [3.8, 4) is 5.75 Å².